The molecular weight excluding hydrogens is 196 g/mol. The van der Waals surface area contributed by atoms with Crippen molar-refractivity contribution >= 4 is 0 Å². The van der Waals surface area contributed by atoms with Crippen LogP contribution in [0.3, 0.4) is 0 Å². The van der Waals surface area contributed by atoms with E-state index in [2.05, 4.69) is 44.8 Å². The van der Waals surface area contributed by atoms with Crippen molar-refractivity contribution in [1.29, 1.82) is 0 Å². The molecule has 0 heterocycles. The van der Waals surface area contributed by atoms with Crippen LogP contribution in [0.15, 0.2) is 0 Å². The van der Waals surface area contributed by atoms with Crippen LogP contribution in [0, 0.1) is 0 Å². The molecule has 0 aromatic carbocycles. The second-order valence-electron chi connectivity index (χ2n) is 4.93. The highest BCUT2D eigenvalue weighted by molar-refractivity contribution is 4.67. The summed E-state index contributed by atoms with van der Waals surface area (Å²) in [6.07, 6.45) is 5.18. The number of nitrogens with zero attached hydrogens (tertiary/aromatic N) is 1. The van der Waals surface area contributed by atoms with Crippen LogP contribution in [0.1, 0.15) is 60.3 Å². The molecule has 0 bridgehead atoms. The molecule has 98 valence electrons. The highest BCUT2D eigenvalue weighted by Crippen LogP contribution is 2.03. The first-order valence-electron chi connectivity index (χ1n) is 7.12. The Bertz CT molecular complexity index is 144. The summed E-state index contributed by atoms with van der Waals surface area (Å²) in [6, 6.07) is 1.34. The molecule has 1 N–H and O–H groups in total. The predicted molar refractivity (Wildman–Crippen MR) is 74.0 cm³/mol. The number of nitrogens with one attached hydrogen (secondary N) is 1. The third-order valence-electron chi connectivity index (χ3n) is 3.30. The molecule has 0 aliphatic rings. The molecule has 0 rings (SSSR count). The van der Waals surface area contributed by atoms with Gasteiger partial charge in [0.15, 0.2) is 0 Å². The van der Waals surface area contributed by atoms with Crippen LogP contribution >= 0.6 is 0 Å². The highest BCUT2D eigenvalue weighted by atomic mass is 15.1. The van der Waals surface area contributed by atoms with Crippen LogP contribution in [0.5, 0.6) is 0 Å². The van der Waals surface area contributed by atoms with Crippen molar-refractivity contribution < 1.29 is 0 Å². The molecule has 0 saturated heterocycles. The van der Waals surface area contributed by atoms with E-state index in [1.54, 1.807) is 0 Å². The maximum atomic E-state index is 3.67. The maximum absolute atomic E-state index is 3.67. The first kappa shape index (κ1) is 15.9. The summed E-state index contributed by atoms with van der Waals surface area (Å²) in [4.78, 5) is 2.50. The molecule has 2 atom stereocenters. The third kappa shape index (κ3) is 8.12. The maximum Gasteiger partial charge on any atom is 0.00416 e. The SMILES string of the molecule is CCCC(C)NC(C)CCCN(CC)CC. The van der Waals surface area contributed by atoms with E-state index in [0.717, 1.165) is 0 Å². The number of hydrogen-bond acceptors (Lipinski definition) is 2. The fourth-order valence-corrected chi connectivity index (χ4v) is 2.25. The molecule has 0 amide bonds. The van der Waals surface area contributed by atoms with Crippen LogP contribution < -0.4 is 5.32 Å². The van der Waals surface area contributed by atoms with Crippen molar-refractivity contribution in [2.75, 3.05) is 19.6 Å². The summed E-state index contributed by atoms with van der Waals surface area (Å²) in [5.41, 5.74) is 0. The monoisotopic (exact) mass is 228 g/mol. The lowest BCUT2D eigenvalue weighted by Crippen LogP contribution is -2.35. The van der Waals surface area contributed by atoms with Crippen molar-refractivity contribution in [2.45, 2.75) is 72.4 Å². The van der Waals surface area contributed by atoms with E-state index in [0.29, 0.717) is 12.1 Å². The Morgan fingerprint density at radius 2 is 1.50 bits per heavy atom. The van der Waals surface area contributed by atoms with Crippen molar-refractivity contribution in [3.63, 3.8) is 0 Å². The van der Waals surface area contributed by atoms with E-state index in [4.69, 9.17) is 0 Å². The van der Waals surface area contributed by atoms with Gasteiger partial charge in [0.1, 0.15) is 0 Å². The van der Waals surface area contributed by atoms with Crippen LogP contribution in [-0.2, 0) is 0 Å². The minimum atomic E-state index is 0.664. The second kappa shape index (κ2) is 10.1. The van der Waals surface area contributed by atoms with Crippen molar-refractivity contribution in [3.8, 4) is 0 Å². The summed E-state index contributed by atoms with van der Waals surface area (Å²) in [5, 5.41) is 3.67. The second-order valence-corrected chi connectivity index (χ2v) is 4.93. The molecule has 0 spiro atoms. The average molecular weight is 228 g/mol. The van der Waals surface area contributed by atoms with E-state index in [1.165, 1.54) is 45.3 Å². The fourth-order valence-electron chi connectivity index (χ4n) is 2.25. The minimum Gasteiger partial charge on any atom is -0.312 e. The largest absolute Gasteiger partial charge is 0.312 e. The van der Waals surface area contributed by atoms with Crippen molar-refractivity contribution in [2.24, 2.45) is 0 Å². The van der Waals surface area contributed by atoms with E-state index < -0.39 is 0 Å². The lowest BCUT2D eigenvalue weighted by molar-refractivity contribution is 0.288. The smallest absolute Gasteiger partial charge is 0.00416 e. The lowest BCUT2D eigenvalue weighted by atomic mass is 10.1. The topological polar surface area (TPSA) is 15.3 Å². The molecule has 0 fully saturated rings. The Labute approximate surface area is 103 Å². The molecule has 0 saturated carbocycles. The zero-order valence-electron chi connectivity index (χ0n) is 12.1. The first-order valence-corrected chi connectivity index (χ1v) is 7.12. The Morgan fingerprint density at radius 1 is 0.938 bits per heavy atom. The molecule has 0 radical (unpaired) electrons. The summed E-state index contributed by atoms with van der Waals surface area (Å²) < 4.78 is 0. The van der Waals surface area contributed by atoms with Gasteiger partial charge in [-0.2, -0.15) is 0 Å². The van der Waals surface area contributed by atoms with Gasteiger partial charge in [-0.3, -0.25) is 0 Å². The molecule has 0 aromatic heterocycles. The van der Waals surface area contributed by atoms with Crippen LogP contribution in [0.2, 0.25) is 0 Å². The summed E-state index contributed by atoms with van der Waals surface area (Å²) in [7, 11) is 0. The van der Waals surface area contributed by atoms with Gasteiger partial charge in [0.25, 0.3) is 0 Å². The van der Waals surface area contributed by atoms with Gasteiger partial charge >= 0.3 is 0 Å². The summed E-state index contributed by atoms with van der Waals surface area (Å²) >= 11 is 0. The van der Waals surface area contributed by atoms with E-state index >= 15 is 0 Å². The van der Waals surface area contributed by atoms with Gasteiger partial charge < -0.3 is 10.2 Å². The molecule has 0 aliphatic carbocycles. The zero-order valence-corrected chi connectivity index (χ0v) is 12.1. The molecule has 2 unspecified atom stereocenters. The van der Waals surface area contributed by atoms with E-state index in [1.807, 2.05) is 0 Å². The minimum absolute atomic E-state index is 0.664. The predicted octanol–water partition coefficient (Wildman–Crippen LogP) is 3.28. The Hall–Kier alpha value is -0.0800. The molecular formula is C14H32N2. The summed E-state index contributed by atoms with van der Waals surface area (Å²) in [6.45, 7) is 15.0. The Balaban J connectivity index is 3.52. The molecule has 16 heavy (non-hydrogen) atoms. The van der Waals surface area contributed by atoms with Gasteiger partial charge in [0, 0.05) is 12.1 Å². The van der Waals surface area contributed by atoms with Gasteiger partial charge in [-0.25, -0.2) is 0 Å². The Kier molecular flexibility index (Phi) is 10.0. The van der Waals surface area contributed by atoms with Crippen molar-refractivity contribution in [1.82, 2.24) is 10.2 Å². The lowest BCUT2D eigenvalue weighted by Gasteiger charge is -2.22. The fraction of sp³-hybridized carbons (Fsp3) is 1.00. The average Bonchev–Trinajstić information content (AvgIpc) is 2.24. The Morgan fingerprint density at radius 3 is 2.00 bits per heavy atom. The van der Waals surface area contributed by atoms with Gasteiger partial charge in [-0.05, 0) is 52.7 Å². The van der Waals surface area contributed by atoms with Crippen molar-refractivity contribution in [3.05, 3.63) is 0 Å². The molecule has 0 aliphatic heterocycles. The zero-order chi connectivity index (χ0) is 12.4. The molecule has 2 nitrogen and oxygen atoms in total. The third-order valence-corrected chi connectivity index (χ3v) is 3.30. The normalized spacial score (nSPS) is 15.4. The van der Waals surface area contributed by atoms with Gasteiger partial charge in [0.05, 0.1) is 0 Å². The quantitative estimate of drug-likeness (QED) is 0.617. The van der Waals surface area contributed by atoms with Gasteiger partial charge in [0.2, 0.25) is 0 Å². The number of hydrogen-bond donors (Lipinski definition) is 1. The van der Waals surface area contributed by atoms with Crippen LogP contribution in [0.4, 0.5) is 0 Å². The number of rotatable bonds is 10. The van der Waals surface area contributed by atoms with Gasteiger partial charge in [-0.15, -0.1) is 0 Å². The standard InChI is InChI=1S/C14H32N2/c1-6-10-13(4)15-14(5)11-9-12-16(7-2)8-3/h13-15H,6-12H2,1-5H3. The highest BCUT2D eigenvalue weighted by Gasteiger charge is 2.07. The molecule has 0 aromatic rings. The van der Waals surface area contributed by atoms with E-state index in [-0.39, 0.29) is 0 Å². The first-order chi connectivity index (χ1) is 7.63. The molecule has 2 heteroatoms. The van der Waals surface area contributed by atoms with Gasteiger partial charge in [-0.1, -0.05) is 27.2 Å². The van der Waals surface area contributed by atoms with E-state index in [9.17, 15) is 0 Å². The van der Waals surface area contributed by atoms with Crippen LogP contribution in [0.25, 0.3) is 0 Å². The van der Waals surface area contributed by atoms with Crippen LogP contribution in [-0.4, -0.2) is 36.6 Å². The summed E-state index contributed by atoms with van der Waals surface area (Å²) in [5.74, 6) is 0.